The molecule has 7 rings (SSSR count). The summed E-state index contributed by atoms with van der Waals surface area (Å²) in [7, 11) is 0. The molecule has 0 radical (unpaired) electrons. The van der Waals surface area contributed by atoms with E-state index in [1.54, 1.807) is 31.0 Å². The third kappa shape index (κ3) is 5.26. The predicted molar refractivity (Wildman–Crippen MR) is 164 cm³/mol. The van der Waals surface area contributed by atoms with E-state index in [1.165, 1.54) is 0 Å². The van der Waals surface area contributed by atoms with Gasteiger partial charge in [0.1, 0.15) is 0 Å². The quantitative estimate of drug-likeness (QED) is 0.216. The van der Waals surface area contributed by atoms with Crippen LogP contribution in [0, 0.1) is 0 Å². The lowest BCUT2D eigenvalue weighted by Crippen LogP contribution is -1.97. The highest BCUT2D eigenvalue weighted by Gasteiger charge is 2.14. The van der Waals surface area contributed by atoms with Crippen LogP contribution in [-0.4, -0.2) is 34.9 Å². The molecular formula is C35H23N7. The van der Waals surface area contributed by atoms with Gasteiger partial charge in [0.2, 0.25) is 0 Å². The Morgan fingerprint density at radius 2 is 0.667 bits per heavy atom. The molecule has 0 saturated carbocycles. The molecule has 198 valence electrons. The second kappa shape index (κ2) is 11.3. The molecule has 2 aromatic carbocycles. The first-order chi connectivity index (χ1) is 20.8. The van der Waals surface area contributed by atoms with E-state index < -0.39 is 0 Å². The summed E-state index contributed by atoms with van der Waals surface area (Å²) in [5, 5.41) is 0. The zero-order valence-electron chi connectivity index (χ0n) is 22.4. The highest BCUT2D eigenvalue weighted by molar-refractivity contribution is 5.74. The topological polar surface area (TPSA) is 90.2 Å². The van der Waals surface area contributed by atoms with E-state index in [4.69, 9.17) is 19.9 Å². The van der Waals surface area contributed by atoms with Gasteiger partial charge >= 0.3 is 0 Å². The summed E-state index contributed by atoms with van der Waals surface area (Å²) in [6, 6.07) is 33.8. The Hall–Kier alpha value is -5.95. The summed E-state index contributed by atoms with van der Waals surface area (Å²) in [6.45, 7) is 0. The molecule has 0 N–H and O–H groups in total. The number of hydrogen-bond donors (Lipinski definition) is 0. The Morgan fingerprint density at radius 3 is 1.02 bits per heavy atom. The number of benzene rings is 2. The monoisotopic (exact) mass is 541 g/mol. The molecule has 0 aliphatic heterocycles. The molecule has 5 heterocycles. The molecule has 0 saturated heterocycles. The van der Waals surface area contributed by atoms with E-state index in [0.29, 0.717) is 11.6 Å². The van der Waals surface area contributed by atoms with Gasteiger partial charge in [0.15, 0.2) is 11.6 Å². The molecule has 5 aromatic heterocycles. The van der Waals surface area contributed by atoms with Crippen molar-refractivity contribution >= 4 is 0 Å². The lowest BCUT2D eigenvalue weighted by atomic mass is 10.1. The van der Waals surface area contributed by atoms with E-state index in [9.17, 15) is 0 Å². The minimum absolute atomic E-state index is 0.608. The molecule has 0 amide bonds. The first-order valence-electron chi connectivity index (χ1n) is 13.5. The third-order valence-electron chi connectivity index (χ3n) is 6.80. The van der Waals surface area contributed by atoms with Crippen LogP contribution in [0.15, 0.2) is 140 Å². The van der Waals surface area contributed by atoms with Gasteiger partial charge in [-0.05, 0) is 48.5 Å². The zero-order chi connectivity index (χ0) is 28.1. The van der Waals surface area contributed by atoms with E-state index in [1.807, 2.05) is 97.2 Å². The van der Waals surface area contributed by atoms with Crippen LogP contribution in [0.1, 0.15) is 0 Å². The molecule has 0 spiro atoms. The number of rotatable bonds is 6. The number of pyridine rings is 3. The van der Waals surface area contributed by atoms with Crippen LogP contribution in [-0.2, 0) is 0 Å². The van der Waals surface area contributed by atoms with Crippen molar-refractivity contribution < 1.29 is 0 Å². The minimum atomic E-state index is 0.608. The summed E-state index contributed by atoms with van der Waals surface area (Å²) in [4.78, 5) is 32.5. The van der Waals surface area contributed by atoms with Gasteiger partial charge < -0.3 is 0 Å². The summed E-state index contributed by atoms with van der Waals surface area (Å²) in [6.07, 6.45) is 10.7. The van der Waals surface area contributed by atoms with Crippen LogP contribution in [0.5, 0.6) is 0 Å². The third-order valence-corrected chi connectivity index (χ3v) is 6.80. The van der Waals surface area contributed by atoms with Gasteiger partial charge in [-0.15, -0.1) is 0 Å². The fourth-order valence-corrected chi connectivity index (χ4v) is 4.66. The number of nitrogens with zero attached hydrogens (tertiary/aromatic N) is 7. The van der Waals surface area contributed by atoms with Crippen molar-refractivity contribution in [2.45, 2.75) is 0 Å². The van der Waals surface area contributed by atoms with Crippen molar-refractivity contribution in [3.8, 4) is 67.8 Å². The molecule has 7 nitrogen and oxygen atoms in total. The van der Waals surface area contributed by atoms with Gasteiger partial charge in [-0.3, -0.25) is 15.0 Å². The van der Waals surface area contributed by atoms with E-state index >= 15 is 0 Å². The lowest BCUT2D eigenvalue weighted by molar-refractivity contribution is 1.16. The Morgan fingerprint density at radius 1 is 0.310 bits per heavy atom. The average molecular weight is 542 g/mol. The summed E-state index contributed by atoms with van der Waals surface area (Å²) >= 11 is 0. The summed E-state index contributed by atoms with van der Waals surface area (Å²) in [5.74, 6) is 1.24. The number of hydrogen-bond acceptors (Lipinski definition) is 7. The Labute approximate surface area is 242 Å². The van der Waals surface area contributed by atoms with Crippen LogP contribution in [0.4, 0.5) is 0 Å². The minimum Gasteiger partial charge on any atom is -0.264 e. The predicted octanol–water partition coefficient (Wildman–Crippen LogP) is 7.45. The van der Waals surface area contributed by atoms with Crippen molar-refractivity contribution in [2.75, 3.05) is 0 Å². The maximum absolute atomic E-state index is 4.93. The largest absolute Gasteiger partial charge is 0.264 e. The van der Waals surface area contributed by atoms with E-state index in [-0.39, 0.29) is 0 Å². The van der Waals surface area contributed by atoms with Crippen molar-refractivity contribution in [3.05, 3.63) is 140 Å². The van der Waals surface area contributed by atoms with Crippen molar-refractivity contribution in [3.63, 3.8) is 0 Å². The van der Waals surface area contributed by atoms with Crippen LogP contribution in [0.25, 0.3) is 67.8 Å². The molecule has 0 fully saturated rings. The summed E-state index contributed by atoms with van der Waals surface area (Å²) in [5.41, 5.74) is 8.77. The highest BCUT2D eigenvalue weighted by Crippen LogP contribution is 2.30. The van der Waals surface area contributed by atoms with Crippen molar-refractivity contribution in [1.82, 2.24) is 34.9 Å². The van der Waals surface area contributed by atoms with Crippen LogP contribution >= 0.6 is 0 Å². The van der Waals surface area contributed by atoms with Crippen LogP contribution < -0.4 is 0 Å². The van der Waals surface area contributed by atoms with Gasteiger partial charge in [-0.25, -0.2) is 19.9 Å². The average Bonchev–Trinajstić information content (AvgIpc) is 3.09. The maximum Gasteiger partial charge on any atom is 0.160 e. The molecule has 0 aliphatic carbocycles. The van der Waals surface area contributed by atoms with Gasteiger partial charge in [0.25, 0.3) is 0 Å². The van der Waals surface area contributed by atoms with Gasteiger partial charge in [-0.1, -0.05) is 54.6 Å². The molecule has 42 heavy (non-hydrogen) atoms. The van der Waals surface area contributed by atoms with Gasteiger partial charge in [0, 0.05) is 70.6 Å². The van der Waals surface area contributed by atoms with Crippen molar-refractivity contribution in [1.29, 1.82) is 0 Å². The molecule has 0 bridgehead atoms. The smallest absolute Gasteiger partial charge is 0.160 e. The van der Waals surface area contributed by atoms with Crippen LogP contribution in [0.2, 0.25) is 0 Å². The van der Waals surface area contributed by atoms with E-state index in [2.05, 4.69) is 27.1 Å². The molecule has 0 aliphatic rings. The SMILES string of the molecule is c1ccc(-c2cc(-c3cccnc3)nc(-c3ccc(-c4nc(-c5cccnc5)cc(-c5cccnc5)n4)cc3)n2)cc1. The molecular weight excluding hydrogens is 518 g/mol. The van der Waals surface area contributed by atoms with E-state index in [0.717, 1.165) is 56.2 Å². The maximum atomic E-state index is 4.93. The van der Waals surface area contributed by atoms with Crippen molar-refractivity contribution in [2.24, 2.45) is 0 Å². The molecule has 7 heteroatoms. The second-order valence-corrected chi connectivity index (χ2v) is 9.59. The molecule has 7 aromatic rings. The Balaban J connectivity index is 1.31. The Kier molecular flexibility index (Phi) is 6.72. The fourth-order valence-electron chi connectivity index (χ4n) is 4.66. The normalized spacial score (nSPS) is 10.9. The zero-order valence-corrected chi connectivity index (χ0v) is 22.4. The standard InChI is InChI=1S/C35H23N7/c1-2-7-24(8-3-1)30-19-31(27-9-4-16-36-21-27)40-34(39-30)25-12-14-26(15-13-25)35-41-32(28-10-5-17-37-22-28)20-33(42-35)29-11-6-18-38-23-29/h1-23H. The number of aromatic nitrogens is 7. The first kappa shape index (κ1) is 25.0. The van der Waals surface area contributed by atoms with Crippen LogP contribution in [0.3, 0.4) is 0 Å². The highest BCUT2D eigenvalue weighted by atomic mass is 14.9. The Bertz CT molecular complexity index is 1690. The second-order valence-electron chi connectivity index (χ2n) is 9.59. The fraction of sp³-hybridized carbons (Fsp3) is 0. The van der Waals surface area contributed by atoms with Gasteiger partial charge in [0.05, 0.1) is 22.8 Å². The summed E-state index contributed by atoms with van der Waals surface area (Å²) < 4.78 is 0. The molecule has 0 atom stereocenters. The first-order valence-corrected chi connectivity index (χ1v) is 13.5. The lowest BCUT2D eigenvalue weighted by Gasteiger charge is -2.11. The molecule has 0 unspecified atom stereocenters. The van der Waals surface area contributed by atoms with Gasteiger partial charge in [-0.2, -0.15) is 0 Å².